The van der Waals surface area contributed by atoms with Crippen molar-refractivity contribution in [3.8, 4) is 5.75 Å². The van der Waals surface area contributed by atoms with E-state index in [9.17, 15) is 0 Å². The summed E-state index contributed by atoms with van der Waals surface area (Å²) >= 11 is 1.72. The Morgan fingerprint density at radius 2 is 1.59 bits per heavy atom. The van der Waals surface area contributed by atoms with Crippen LogP contribution >= 0.6 is 11.8 Å². The smallest absolute Gasteiger partial charge is 0.119 e. The van der Waals surface area contributed by atoms with Gasteiger partial charge in [-0.1, -0.05) is 0 Å². The summed E-state index contributed by atoms with van der Waals surface area (Å²) in [6.45, 7) is 5.16. The number of rotatable bonds is 9. The van der Waals surface area contributed by atoms with Gasteiger partial charge in [-0.05, 0) is 37.4 Å². The number of hydrogen-bond donors (Lipinski definition) is 0. The van der Waals surface area contributed by atoms with Gasteiger partial charge in [0.05, 0.1) is 19.8 Å². The van der Waals surface area contributed by atoms with E-state index in [0.717, 1.165) is 12.4 Å². The van der Waals surface area contributed by atoms with E-state index in [1.165, 1.54) is 4.90 Å². The lowest BCUT2D eigenvalue weighted by Crippen LogP contribution is -2.10. The summed E-state index contributed by atoms with van der Waals surface area (Å²) in [5.74, 6) is 0.885. The van der Waals surface area contributed by atoms with Crippen LogP contribution in [0.15, 0.2) is 29.2 Å². The van der Waals surface area contributed by atoms with Crippen LogP contribution in [0.4, 0.5) is 0 Å². The van der Waals surface area contributed by atoms with Gasteiger partial charge in [0.15, 0.2) is 0 Å². The number of ether oxygens (including phenoxy) is 3. The predicted octanol–water partition coefficient (Wildman–Crippen LogP) is 2.84. The van der Waals surface area contributed by atoms with E-state index in [0.29, 0.717) is 26.4 Å². The molecule has 3 nitrogen and oxygen atoms in total. The van der Waals surface area contributed by atoms with Crippen molar-refractivity contribution in [1.82, 2.24) is 0 Å². The molecule has 0 unspecified atom stereocenters. The molecule has 0 radical (unpaired) electrons. The summed E-state index contributed by atoms with van der Waals surface area (Å²) in [6, 6.07) is 8.06. The van der Waals surface area contributed by atoms with Gasteiger partial charge in [0.1, 0.15) is 12.4 Å². The first kappa shape index (κ1) is 14.4. The zero-order valence-electron chi connectivity index (χ0n) is 10.5. The van der Waals surface area contributed by atoms with Crippen LogP contribution < -0.4 is 4.74 Å². The molecular formula is C13H20O3S. The molecule has 0 saturated carbocycles. The lowest BCUT2D eigenvalue weighted by molar-refractivity contribution is 0.0405. The maximum atomic E-state index is 5.54. The minimum atomic E-state index is 0.574. The lowest BCUT2D eigenvalue weighted by atomic mass is 10.3. The molecule has 96 valence electrons. The molecule has 0 bridgehead atoms. The van der Waals surface area contributed by atoms with E-state index < -0.39 is 0 Å². The van der Waals surface area contributed by atoms with Gasteiger partial charge in [-0.2, -0.15) is 0 Å². The maximum Gasteiger partial charge on any atom is 0.119 e. The van der Waals surface area contributed by atoms with Crippen molar-refractivity contribution in [3.05, 3.63) is 24.3 Å². The topological polar surface area (TPSA) is 27.7 Å². The van der Waals surface area contributed by atoms with Crippen LogP contribution in [0.5, 0.6) is 5.75 Å². The molecule has 0 atom stereocenters. The standard InChI is InChI=1S/C13H20O3S/c1-3-14-8-9-15-10-11-16-12-4-6-13(17-2)7-5-12/h4-7H,3,8-11H2,1-2H3. The number of thioether (sulfide) groups is 1. The van der Waals surface area contributed by atoms with Crippen LogP contribution in [0.1, 0.15) is 6.92 Å². The van der Waals surface area contributed by atoms with E-state index in [4.69, 9.17) is 14.2 Å². The molecule has 0 aliphatic heterocycles. The summed E-state index contributed by atoms with van der Waals surface area (Å²) in [6.07, 6.45) is 2.06. The summed E-state index contributed by atoms with van der Waals surface area (Å²) in [4.78, 5) is 1.24. The Kier molecular flexibility index (Phi) is 7.88. The van der Waals surface area contributed by atoms with Crippen LogP contribution in [0.3, 0.4) is 0 Å². The Morgan fingerprint density at radius 1 is 0.941 bits per heavy atom. The van der Waals surface area contributed by atoms with Crippen molar-refractivity contribution >= 4 is 11.8 Å². The van der Waals surface area contributed by atoms with E-state index in [-0.39, 0.29) is 0 Å². The lowest BCUT2D eigenvalue weighted by Gasteiger charge is -2.07. The SMILES string of the molecule is CCOCCOCCOc1ccc(SC)cc1. The first-order valence-corrected chi connectivity index (χ1v) is 7.01. The van der Waals surface area contributed by atoms with Crippen LogP contribution in [-0.4, -0.2) is 39.3 Å². The summed E-state index contributed by atoms with van der Waals surface area (Å²) in [7, 11) is 0. The quantitative estimate of drug-likeness (QED) is 0.501. The normalized spacial score (nSPS) is 10.5. The first-order chi connectivity index (χ1) is 8.36. The molecule has 1 aromatic rings. The Hall–Kier alpha value is -0.710. The van der Waals surface area contributed by atoms with Gasteiger partial charge >= 0.3 is 0 Å². The summed E-state index contributed by atoms with van der Waals surface area (Å²) in [5.41, 5.74) is 0. The van der Waals surface area contributed by atoms with E-state index in [1.807, 2.05) is 19.1 Å². The van der Waals surface area contributed by atoms with Gasteiger partial charge < -0.3 is 14.2 Å². The van der Waals surface area contributed by atoms with Gasteiger partial charge in [0.2, 0.25) is 0 Å². The third kappa shape index (κ3) is 6.56. The minimum Gasteiger partial charge on any atom is -0.491 e. The molecule has 1 aromatic carbocycles. The Morgan fingerprint density at radius 3 is 2.24 bits per heavy atom. The predicted molar refractivity (Wildman–Crippen MR) is 71.0 cm³/mol. The summed E-state index contributed by atoms with van der Waals surface area (Å²) in [5, 5.41) is 0. The molecule has 0 aliphatic rings. The monoisotopic (exact) mass is 256 g/mol. The molecule has 0 aromatic heterocycles. The fourth-order valence-electron chi connectivity index (χ4n) is 1.25. The molecule has 17 heavy (non-hydrogen) atoms. The van der Waals surface area contributed by atoms with Crippen LogP contribution in [0.2, 0.25) is 0 Å². The fraction of sp³-hybridized carbons (Fsp3) is 0.538. The Bertz CT molecular complexity index is 287. The highest BCUT2D eigenvalue weighted by Crippen LogP contribution is 2.18. The van der Waals surface area contributed by atoms with E-state index >= 15 is 0 Å². The van der Waals surface area contributed by atoms with Crippen molar-refractivity contribution in [2.24, 2.45) is 0 Å². The molecule has 4 heteroatoms. The van der Waals surface area contributed by atoms with Crippen molar-refractivity contribution in [1.29, 1.82) is 0 Å². The first-order valence-electron chi connectivity index (χ1n) is 5.79. The zero-order chi connectivity index (χ0) is 12.3. The molecule has 0 saturated heterocycles. The average molecular weight is 256 g/mol. The van der Waals surface area contributed by atoms with Gasteiger partial charge in [0, 0.05) is 11.5 Å². The van der Waals surface area contributed by atoms with Crippen LogP contribution in [0, 0.1) is 0 Å². The third-order valence-electron chi connectivity index (χ3n) is 2.13. The second-order valence-electron chi connectivity index (χ2n) is 3.33. The van der Waals surface area contributed by atoms with Crippen molar-refractivity contribution in [3.63, 3.8) is 0 Å². The number of hydrogen-bond acceptors (Lipinski definition) is 4. The highest BCUT2D eigenvalue weighted by Gasteiger charge is 1.95. The molecule has 1 rings (SSSR count). The highest BCUT2D eigenvalue weighted by atomic mass is 32.2. The van der Waals surface area contributed by atoms with Crippen molar-refractivity contribution < 1.29 is 14.2 Å². The van der Waals surface area contributed by atoms with Gasteiger partial charge in [0.25, 0.3) is 0 Å². The van der Waals surface area contributed by atoms with Gasteiger partial charge in [-0.15, -0.1) is 11.8 Å². The second kappa shape index (κ2) is 9.33. The maximum absolute atomic E-state index is 5.54. The van der Waals surface area contributed by atoms with Crippen molar-refractivity contribution in [2.45, 2.75) is 11.8 Å². The highest BCUT2D eigenvalue weighted by molar-refractivity contribution is 7.98. The Balaban J connectivity index is 2.05. The molecule has 0 N–H and O–H groups in total. The van der Waals surface area contributed by atoms with Crippen LogP contribution in [-0.2, 0) is 9.47 Å². The number of benzene rings is 1. The fourth-order valence-corrected chi connectivity index (χ4v) is 1.66. The zero-order valence-corrected chi connectivity index (χ0v) is 11.3. The third-order valence-corrected chi connectivity index (χ3v) is 2.88. The second-order valence-corrected chi connectivity index (χ2v) is 4.21. The average Bonchev–Trinajstić information content (AvgIpc) is 2.38. The van der Waals surface area contributed by atoms with Gasteiger partial charge in [-0.3, -0.25) is 0 Å². The minimum absolute atomic E-state index is 0.574. The summed E-state index contributed by atoms with van der Waals surface area (Å²) < 4.78 is 16.0. The molecule has 0 fully saturated rings. The van der Waals surface area contributed by atoms with E-state index in [1.54, 1.807) is 11.8 Å². The molecular weight excluding hydrogens is 236 g/mol. The Labute approximate surface area is 107 Å². The molecule has 0 amide bonds. The van der Waals surface area contributed by atoms with E-state index in [2.05, 4.69) is 18.4 Å². The van der Waals surface area contributed by atoms with Crippen molar-refractivity contribution in [2.75, 3.05) is 39.3 Å². The molecule has 0 spiro atoms. The largest absolute Gasteiger partial charge is 0.491 e. The van der Waals surface area contributed by atoms with Crippen LogP contribution in [0.25, 0.3) is 0 Å². The molecule has 0 heterocycles. The van der Waals surface area contributed by atoms with Gasteiger partial charge in [-0.25, -0.2) is 0 Å². The molecule has 0 aliphatic carbocycles.